The van der Waals surface area contributed by atoms with E-state index in [0.29, 0.717) is 35.6 Å². The first-order chi connectivity index (χ1) is 16.8. The molecule has 35 heavy (non-hydrogen) atoms. The Morgan fingerprint density at radius 3 is 2.54 bits per heavy atom. The largest absolute Gasteiger partial charge is 0.426 e. The summed E-state index contributed by atoms with van der Waals surface area (Å²) >= 11 is 1.89. The van der Waals surface area contributed by atoms with Crippen molar-refractivity contribution in [3.63, 3.8) is 0 Å². The number of rotatable bonds is 6. The first-order valence-corrected chi connectivity index (χ1v) is 13.4. The predicted octanol–water partition coefficient (Wildman–Crippen LogP) is 6.36. The van der Waals surface area contributed by atoms with Crippen LogP contribution < -0.4 is 15.4 Å². The molecule has 0 radical (unpaired) electrons. The van der Waals surface area contributed by atoms with Crippen LogP contribution in [0.1, 0.15) is 58.2 Å². The van der Waals surface area contributed by atoms with E-state index in [1.165, 1.54) is 0 Å². The van der Waals surface area contributed by atoms with E-state index in [-0.39, 0.29) is 17.4 Å². The standard InChI is InChI=1S/C27H32N4O3S/c1-27(2,3)23-15-24(31(30-23)18-8-9-18)29-26(33)28-21-10-11-22(20-7-5-4-6-19(20)21)34-25(32)14-17-12-13-35-16-17/h4-7,10-11,15,17-18H,8-9,12-14,16H2,1-3H3,(H2,28,29,33). The van der Waals surface area contributed by atoms with Crippen LogP contribution in [0.5, 0.6) is 5.75 Å². The third-order valence-corrected chi connectivity index (χ3v) is 7.71. The molecule has 184 valence electrons. The molecule has 2 aliphatic rings. The number of carbonyl (C=O) groups is 2. The average Bonchev–Trinajstić information content (AvgIpc) is 3.35. The van der Waals surface area contributed by atoms with Gasteiger partial charge in [0.1, 0.15) is 11.6 Å². The lowest BCUT2D eigenvalue weighted by Crippen LogP contribution is -2.21. The summed E-state index contributed by atoms with van der Waals surface area (Å²) in [4.78, 5) is 25.5. The van der Waals surface area contributed by atoms with E-state index in [1.807, 2.05) is 46.8 Å². The monoisotopic (exact) mass is 492 g/mol. The molecule has 0 bridgehead atoms. The molecule has 7 nitrogen and oxygen atoms in total. The lowest BCUT2D eigenvalue weighted by Gasteiger charge is -2.14. The molecular formula is C27H32N4O3S. The Kier molecular flexibility index (Phi) is 6.49. The number of aromatic nitrogens is 2. The van der Waals surface area contributed by atoms with Gasteiger partial charge in [-0.25, -0.2) is 9.48 Å². The number of fused-ring (bicyclic) bond motifs is 1. The van der Waals surface area contributed by atoms with E-state index in [4.69, 9.17) is 9.84 Å². The number of hydrogen-bond acceptors (Lipinski definition) is 5. The fraction of sp³-hybridized carbons (Fsp3) is 0.444. The molecule has 0 spiro atoms. The summed E-state index contributed by atoms with van der Waals surface area (Å²) in [5.41, 5.74) is 1.50. The Hall–Kier alpha value is -3.00. The number of amides is 2. The number of thioether (sulfide) groups is 1. The summed E-state index contributed by atoms with van der Waals surface area (Å²) in [6, 6.07) is 13.2. The Bertz CT molecular complexity index is 1250. The van der Waals surface area contributed by atoms with Crippen LogP contribution >= 0.6 is 11.8 Å². The van der Waals surface area contributed by atoms with Crippen molar-refractivity contribution in [2.45, 2.75) is 57.9 Å². The molecule has 1 aliphatic heterocycles. The van der Waals surface area contributed by atoms with Crippen LogP contribution in [-0.4, -0.2) is 33.3 Å². The molecule has 8 heteroatoms. The molecule has 2 amide bonds. The quantitative estimate of drug-likeness (QED) is 0.309. The van der Waals surface area contributed by atoms with Crippen molar-refractivity contribution in [1.29, 1.82) is 0 Å². The summed E-state index contributed by atoms with van der Waals surface area (Å²) in [7, 11) is 0. The maximum absolute atomic E-state index is 13.0. The maximum atomic E-state index is 13.0. The van der Waals surface area contributed by atoms with Crippen molar-refractivity contribution in [3.05, 3.63) is 48.2 Å². The van der Waals surface area contributed by atoms with Gasteiger partial charge in [0.25, 0.3) is 0 Å². The van der Waals surface area contributed by atoms with E-state index in [1.54, 1.807) is 12.1 Å². The zero-order valence-electron chi connectivity index (χ0n) is 20.5. The fourth-order valence-corrected chi connectivity index (χ4v) is 5.62. The SMILES string of the molecule is CC(C)(C)c1cc(NC(=O)Nc2ccc(OC(=O)CC3CCSC3)c3ccccc23)n(C2CC2)n1. The molecule has 1 aromatic heterocycles. The van der Waals surface area contributed by atoms with Crippen LogP contribution in [0, 0.1) is 5.92 Å². The van der Waals surface area contributed by atoms with Crippen molar-refractivity contribution in [2.24, 2.45) is 5.92 Å². The number of carbonyl (C=O) groups excluding carboxylic acids is 2. The highest BCUT2D eigenvalue weighted by molar-refractivity contribution is 7.99. The highest BCUT2D eigenvalue weighted by Gasteiger charge is 2.30. The second kappa shape index (κ2) is 9.57. The Balaban J connectivity index is 1.32. The van der Waals surface area contributed by atoms with E-state index in [0.717, 1.165) is 47.2 Å². The van der Waals surface area contributed by atoms with E-state index >= 15 is 0 Å². The summed E-state index contributed by atoms with van der Waals surface area (Å²) < 4.78 is 7.67. The summed E-state index contributed by atoms with van der Waals surface area (Å²) in [5.74, 6) is 3.54. The van der Waals surface area contributed by atoms with Gasteiger partial charge < -0.3 is 10.1 Å². The normalized spacial score (nSPS) is 18.0. The first-order valence-electron chi connectivity index (χ1n) is 12.3. The van der Waals surface area contributed by atoms with Gasteiger partial charge in [-0.1, -0.05) is 45.0 Å². The smallest absolute Gasteiger partial charge is 0.324 e. The van der Waals surface area contributed by atoms with Crippen LogP contribution in [0.15, 0.2) is 42.5 Å². The van der Waals surface area contributed by atoms with Crippen LogP contribution in [0.2, 0.25) is 0 Å². The summed E-state index contributed by atoms with van der Waals surface area (Å²) in [6.45, 7) is 6.34. The Morgan fingerprint density at radius 1 is 1.09 bits per heavy atom. The van der Waals surface area contributed by atoms with E-state index < -0.39 is 0 Å². The minimum atomic E-state index is -0.333. The molecular weight excluding hydrogens is 460 g/mol. The zero-order valence-corrected chi connectivity index (χ0v) is 21.3. The average molecular weight is 493 g/mol. The third-order valence-electron chi connectivity index (χ3n) is 6.47. The van der Waals surface area contributed by atoms with Gasteiger partial charge in [-0.15, -0.1) is 0 Å². The Morgan fingerprint density at radius 2 is 1.86 bits per heavy atom. The molecule has 3 aromatic rings. The van der Waals surface area contributed by atoms with Crippen molar-refractivity contribution in [1.82, 2.24) is 9.78 Å². The lowest BCUT2D eigenvalue weighted by molar-refractivity contribution is -0.135. The molecule has 1 atom stereocenters. The van der Waals surface area contributed by atoms with Gasteiger partial charge in [-0.3, -0.25) is 10.1 Å². The van der Waals surface area contributed by atoms with Crippen LogP contribution in [-0.2, 0) is 10.2 Å². The minimum Gasteiger partial charge on any atom is -0.426 e. The second-order valence-corrected chi connectivity index (χ2v) is 11.6. The topological polar surface area (TPSA) is 85.3 Å². The molecule has 1 aliphatic carbocycles. The van der Waals surface area contributed by atoms with Gasteiger partial charge in [0.15, 0.2) is 0 Å². The van der Waals surface area contributed by atoms with Crippen LogP contribution in [0.25, 0.3) is 10.8 Å². The van der Waals surface area contributed by atoms with Gasteiger partial charge in [-0.2, -0.15) is 16.9 Å². The lowest BCUT2D eigenvalue weighted by atomic mass is 9.92. The zero-order chi connectivity index (χ0) is 24.6. The molecule has 2 aromatic carbocycles. The van der Waals surface area contributed by atoms with Crippen LogP contribution in [0.4, 0.5) is 16.3 Å². The fourth-order valence-electron chi connectivity index (χ4n) is 4.34. The van der Waals surface area contributed by atoms with Gasteiger partial charge in [-0.05, 0) is 48.8 Å². The number of benzene rings is 2. The number of nitrogens with one attached hydrogen (secondary N) is 2. The predicted molar refractivity (Wildman–Crippen MR) is 141 cm³/mol. The third kappa shape index (κ3) is 5.48. The van der Waals surface area contributed by atoms with Gasteiger partial charge in [0.2, 0.25) is 0 Å². The molecule has 2 N–H and O–H groups in total. The highest BCUT2D eigenvalue weighted by atomic mass is 32.2. The molecule has 1 saturated heterocycles. The van der Waals surface area contributed by atoms with Crippen molar-refractivity contribution in [2.75, 3.05) is 22.1 Å². The molecule has 1 saturated carbocycles. The van der Waals surface area contributed by atoms with Gasteiger partial charge >= 0.3 is 12.0 Å². The van der Waals surface area contributed by atoms with Crippen LogP contribution in [0.3, 0.4) is 0 Å². The van der Waals surface area contributed by atoms with Gasteiger partial charge in [0.05, 0.1) is 17.4 Å². The number of ether oxygens (including phenoxy) is 1. The van der Waals surface area contributed by atoms with Crippen molar-refractivity contribution >= 4 is 46.0 Å². The van der Waals surface area contributed by atoms with E-state index in [2.05, 4.69) is 31.4 Å². The first kappa shape index (κ1) is 23.7. The minimum absolute atomic E-state index is 0.104. The van der Waals surface area contributed by atoms with E-state index in [9.17, 15) is 9.59 Å². The number of urea groups is 1. The molecule has 1 unspecified atom stereocenters. The van der Waals surface area contributed by atoms with Crippen molar-refractivity contribution in [3.8, 4) is 5.75 Å². The number of hydrogen-bond donors (Lipinski definition) is 2. The number of anilines is 2. The molecule has 5 rings (SSSR count). The number of nitrogens with zero attached hydrogens (tertiary/aromatic N) is 2. The number of esters is 1. The molecule has 2 heterocycles. The second-order valence-electron chi connectivity index (χ2n) is 10.5. The summed E-state index contributed by atoms with van der Waals surface area (Å²) in [5, 5.41) is 12.3. The summed E-state index contributed by atoms with van der Waals surface area (Å²) in [6.07, 6.45) is 3.66. The molecule has 2 fully saturated rings. The highest BCUT2D eigenvalue weighted by Crippen LogP contribution is 2.39. The van der Waals surface area contributed by atoms with Gasteiger partial charge in [0, 0.05) is 28.7 Å². The Labute approximate surface area is 210 Å². The van der Waals surface area contributed by atoms with Crippen molar-refractivity contribution < 1.29 is 14.3 Å². The maximum Gasteiger partial charge on any atom is 0.324 e.